The molecule has 1 atom stereocenters. The normalized spacial score (nSPS) is 17.1. The van der Waals surface area contributed by atoms with E-state index >= 15 is 0 Å². The first-order chi connectivity index (χ1) is 15.6. The van der Waals surface area contributed by atoms with E-state index in [1.165, 1.54) is 11.3 Å². The van der Waals surface area contributed by atoms with Crippen LogP contribution in [-0.4, -0.2) is 16.6 Å². The van der Waals surface area contributed by atoms with Gasteiger partial charge in [0.2, 0.25) is 0 Å². The Hall–Kier alpha value is -3.63. The smallest absolute Gasteiger partial charge is 0.195 e. The van der Waals surface area contributed by atoms with Gasteiger partial charge >= 0.3 is 0 Å². The zero-order chi connectivity index (χ0) is 21.8. The number of benzene rings is 3. The Kier molecular flexibility index (Phi) is 4.30. The van der Waals surface area contributed by atoms with Crippen molar-refractivity contribution in [3.8, 4) is 10.6 Å². The molecule has 2 aliphatic carbocycles. The van der Waals surface area contributed by atoms with Crippen molar-refractivity contribution in [3.63, 3.8) is 0 Å². The number of fused-ring (bicyclic) bond motifs is 3. The molecule has 3 nitrogen and oxygen atoms in total. The molecule has 0 fully saturated rings. The second-order valence-electron chi connectivity index (χ2n) is 8.32. The quantitative estimate of drug-likeness (QED) is 0.373. The van der Waals surface area contributed by atoms with Crippen LogP contribution in [0.15, 0.2) is 84.4 Å². The molecule has 0 aliphatic heterocycles. The summed E-state index contributed by atoms with van der Waals surface area (Å²) >= 11 is 1.51. The number of carbonyl (C=O) groups is 2. The van der Waals surface area contributed by atoms with Gasteiger partial charge in [-0.3, -0.25) is 9.59 Å². The molecule has 0 saturated heterocycles. The van der Waals surface area contributed by atoms with Crippen LogP contribution in [0.4, 0.5) is 0 Å². The van der Waals surface area contributed by atoms with Crippen molar-refractivity contribution in [2.45, 2.75) is 19.3 Å². The molecule has 1 aromatic heterocycles. The van der Waals surface area contributed by atoms with Gasteiger partial charge < -0.3 is 0 Å². The van der Waals surface area contributed by atoms with E-state index in [2.05, 4.69) is 24.3 Å². The average molecular weight is 434 g/mol. The molecule has 4 aromatic rings. The maximum Gasteiger partial charge on any atom is 0.195 e. The van der Waals surface area contributed by atoms with Gasteiger partial charge in [0, 0.05) is 40.2 Å². The Morgan fingerprint density at radius 1 is 0.812 bits per heavy atom. The fourth-order valence-corrected chi connectivity index (χ4v) is 5.88. The number of hydrogen-bond donors (Lipinski definition) is 0. The van der Waals surface area contributed by atoms with Gasteiger partial charge in [-0.2, -0.15) is 0 Å². The van der Waals surface area contributed by atoms with Gasteiger partial charge in [0.1, 0.15) is 5.01 Å². The maximum atomic E-state index is 13.7. The number of nitrogens with zero attached hydrogens (tertiary/aromatic N) is 1. The number of hydrogen-bond acceptors (Lipinski definition) is 4. The fraction of sp³-hybridized carbons (Fsp3) is 0.107. The zero-order valence-corrected chi connectivity index (χ0v) is 18.3. The van der Waals surface area contributed by atoms with E-state index < -0.39 is 0 Å². The summed E-state index contributed by atoms with van der Waals surface area (Å²) in [6.45, 7) is 2.05. The lowest BCUT2D eigenvalue weighted by Gasteiger charge is -2.30. The van der Waals surface area contributed by atoms with Crippen molar-refractivity contribution >= 4 is 28.5 Å². The van der Waals surface area contributed by atoms with Crippen LogP contribution >= 0.6 is 11.3 Å². The third kappa shape index (κ3) is 2.84. The lowest BCUT2D eigenvalue weighted by Crippen LogP contribution is -2.28. The minimum Gasteiger partial charge on any atom is -0.289 e. The summed E-state index contributed by atoms with van der Waals surface area (Å²) in [4.78, 5) is 33.2. The van der Waals surface area contributed by atoms with Gasteiger partial charge in [0.05, 0.1) is 10.6 Å². The van der Waals surface area contributed by atoms with E-state index in [1.807, 2.05) is 49.4 Å². The largest absolute Gasteiger partial charge is 0.289 e. The summed E-state index contributed by atoms with van der Waals surface area (Å²) in [5.41, 5.74) is 6.29. The van der Waals surface area contributed by atoms with Crippen LogP contribution in [0.1, 0.15) is 48.3 Å². The monoisotopic (exact) mass is 433 g/mol. The Bertz CT molecular complexity index is 1430. The number of carbonyl (C=O) groups excluding carboxylic acids is 2. The Morgan fingerprint density at radius 2 is 1.47 bits per heavy atom. The van der Waals surface area contributed by atoms with Crippen LogP contribution in [0, 0.1) is 6.92 Å². The van der Waals surface area contributed by atoms with E-state index in [4.69, 9.17) is 4.98 Å². The summed E-state index contributed by atoms with van der Waals surface area (Å²) in [5.74, 6) is -0.300. The third-order valence-electron chi connectivity index (χ3n) is 6.33. The maximum absolute atomic E-state index is 13.7. The molecule has 1 unspecified atom stereocenters. The molecule has 0 bridgehead atoms. The summed E-state index contributed by atoms with van der Waals surface area (Å²) in [6, 6.07) is 25.4. The third-order valence-corrected chi connectivity index (χ3v) is 7.49. The number of aryl methyl sites for hydroxylation is 1. The molecule has 4 heteroatoms. The predicted molar refractivity (Wildman–Crippen MR) is 127 cm³/mol. The number of thiazole rings is 1. The molecule has 2 aliphatic rings. The summed E-state index contributed by atoms with van der Waals surface area (Å²) in [7, 11) is 0. The minimum absolute atomic E-state index is 0.0407. The van der Waals surface area contributed by atoms with E-state index in [-0.39, 0.29) is 17.5 Å². The minimum atomic E-state index is -0.186. The number of ketones is 2. The molecule has 0 radical (unpaired) electrons. The first kappa shape index (κ1) is 19.1. The number of Topliss-reactive ketones (excluding diaryl/α,β-unsaturated/α-hetero) is 2. The second-order valence-corrected chi connectivity index (χ2v) is 9.32. The number of rotatable bonds is 2. The summed E-state index contributed by atoms with van der Waals surface area (Å²) in [5, 5.41) is 0.881. The molecule has 1 heterocycles. The van der Waals surface area contributed by atoms with Crippen LogP contribution in [0.25, 0.3) is 16.1 Å². The molecule has 3 aromatic carbocycles. The van der Waals surface area contributed by atoms with Crippen LogP contribution in [-0.2, 0) is 6.42 Å². The molecular formula is C28H19NO2S. The van der Waals surface area contributed by atoms with E-state index in [1.54, 1.807) is 12.1 Å². The topological polar surface area (TPSA) is 47.0 Å². The number of aromatic nitrogens is 1. The second kappa shape index (κ2) is 7.21. The van der Waals surface area contributed by atoms with Crippen molar-refractivity contribution in [2.75, 3.05) is 0 Å². The molecular weight excluding hydrogens is 414 g/mol. The fourth-order valence-electron chi connectivity index (χ4n) is 4.72. The van der Waals surface area contributed by atoms with Crippen LogP contribution in [0.5, 0.6) is 0 Å². The highest BCUT2D eigenvalue weighted by Crippen LogP contribution is 2.48. The highest BCUT2D eigenvalue weighted by Gasteiger charge is 2.42. The molecule has 0 amide bonds. The van der Waals surface area contributed by atoms with Gasteiger partial charge in [-0.05, 0) is 12.5 Å². The van der Waals surface area contributed by atoms with Gasteiger partial charge in [-0.1, -0.05) is 84.4 Å². The van der Waals surface area contributed by atoms with E-state index in [0.717, 1.165) is 32.3 Å². The lowest BCUT2D eigenvalue weighted by atomic mass is 9.71. The van der Waals surface area contributed by atoms with E-state index in [9.17, 15) is 9.59 Å². The molecule has 154 valence electrons. The summed E-state index contributed by atoms with van der Waals surface area (Å²) in [6.07, 6.45) is 0.613. The van der Waals surface area contributed by atoms with Gasteiger partial charge in [-0.15, -0.1) is 11.3 Å². The van der Waals surface area contributed by atoms with Gasteiger partial charge in [0.15, 0.2) is 11.6 Å². The Labute approximate surface area is 190 Å². The van der Waals surface area contributed by atoms with Crippen molar-refractivity contribution < 1.29 is 9.59 Å². The van der Waals surface area contributed by atoms with E-state index in [0.29, 0.717) is 28.7 Å². The standard InChI is InChI=1S/C28H19NO2S/c1-16-11-13-17(14-12-16)21-15-22-27(32-28(29-22)18-7-3-2-4-8-18)24-23(21)25(30)19-9-5-6-10-20(19)26(24)31/h2-14,21H,15H2,1H3. The van der Waals surface area contributed by atoms with Crippen molar-refractivity contribution in [1.82, 2.24) is 4.98 Å². The lowest BCUT2D eigenvalue weighted by molar-refractivity contribution is 0.0985. The van der Waals surface area contributed by atoms with Crippen molar-refractivity contribution in [3.05, 3.63) is 117 Å². The SMILES string of the molecule is Cc1ccc(C2Cc3nc(-c4ccccc4)sc3C3=C2C(=O)c2ccccc2C3=O)cc1. The number of allylic oxidation sites excluding steroid dienone is 2. The summed E-state index contributed by atoms with van der Waals surface area (Å²) < 4.78 is 0. The predicted octanol–water partition coefficient (Wildman–Crippen LogP) is 6.29. The van der Waals surface area contributed by atoms with Gasteiger partial charge in [-0.25, -0.2) is 4.98 Å². The highest BCUT2D eigenvalue weighted by molar-refractivity contribution is 7.16. The van der Waals surface area contributed by atoms with Crippen molar-refractivity contribution in [2.24, 2.45) is 0 Å². The first-order valence-electron chi connectivity index (χ1n) is 10.7. The van der Waals surface area contributed by atoms with Crippen molar-refractivity contribution in [1.29, 1.82) is 0 Å². The Morgan fingerprint density at radius 3 is 2.19 bits per heavy atom. The average Bonchev–Trinajstić information content (AvgIpc) is 3.27. The first-order valence-corrected chi connectivity index (χ1v) is 11.5. The Balaban J connectivity index is 1.60. The highest BCUT2D eigenvalue weighted by atomic mass is 32.1. The zero-order valence-electron chi connectivity index (χ0n) is 17.5. The molecule has 0 spiro atoms. The van der Waals surface area contributed by atoms with Crippen LogP contribution < -0.4 is 0 Å². The van der Waals surface area contributed by atoms with Crippen LogP contribution in [0.3, 0.4) is 0 Å². The van der Waals surface area contributed by atoms with Crippen LogP contribution in [0.2, 0.25) is 0 Å². The molecule has 0 saturated carbocycles. The molecule has 32 heavy (non-hydrogen) atoms. The molecule has 0 N–H and O–H groups in total. The van der Waals surface area contributed by atoms with Gasteiger partial charge in [0.25, 0.3) is 0 Å². The molecule has 6 rings (SSSR count).